The fourth-order valence-electron chi connectivity index (χ4n) is 3.39. The Bertz CT molecular complexity index is 989. The number of benzene rings is 2. The van der Waals surface area contributed by atoms with Crippen LogP contribution in [0.5, 0.6) is 11.5 Å². The highest BCUT2D eigenvalue weighted by atomic mass is 19.1. The summed E-state index contributed by atoms with van der Waals surface area (Å²) in [5.41, 5.74) is -0.397. The third kappa shape index (κ3) is 6.64. The molecule has 1 fully saturated rings. The third-order valence-electron chi connectivity index (χ3n) is 4.86. The zero-order chi connectivity index (χ0) is 24.2. The molecule has 178 valence electrons. The second-order valence-electron chi connectivity index (χ2n) is 8.65. The second-order valence-corrected chi connectivity index (χ2v) is 8.65. The van der Waals surface area contributed by atoms with E-state index in [4.69, 9.17) is 14.2 Å². The predicted molar refractivity (Wildman–Crippen MR) is 115 cm³/mol. The Kier molecular flexibility index (Phi) is 7.53. The molecular weight excluding hydrogens is 436 g/mol. The number of ether oxygens (including phenoxy) is 4. The molecule has 0 aromatic heterocycles. The molecule has 2 aromatic rings. The first kappa shape index (κ1) is 24.4. The van der Waals surface area contributed by atoms with E-state index in [-0.39, 0.29) is 5.75 Å². The maximum atomic E-state index is 14.0. The van der Waals surface area contributed by atoms with Gasteiger partial charge in [-0.1, -0.05) is 0 Å². The number of methoxy groups -OCH3 is 1. The fraction of sp³-hybridized carbons (Fsp3) is 0.417. The van der Waals surface area contributed by atoms with Crippen LogP contribution in [0.25, 0.3) is 0 Å². The molecule has 3 unspecified atom stereocenters. The highest BCUT2D eigenvalue weighted by Crippen LogP contribution is 2.25. The molecule has 0 saturated carbocycles. The first-order chi connectivity index (χ1) is 15.6. The second kappa shape index (κ2) is 10.2. The van der Waals surface area contributed by atoms with E-state index in [0.29, 0.717) is 24.3 Å². The lowest BCUT2D eigenvalue weighted by atomic mass is 10.1. The number of rotatable bonds is 7. The normalized spacial score (nSPS) is 19.0. The average Bonchev–Trinajstić information content (AvgIpc) is 3.20. The van der Waals surface area contributed by atoms with Crippen molar-refractivity contribution in [2.24, 2.45) is 0 Å². The third-order valence-corrected chi connectivity index (χ3v) is 4.86. The SMILES string of the molecule is COC(=O)c1ccc(OC(C(=O)OC(C)(C)C)C2CC(Oc3ccc(F)cc3F)CN2)cc1. The lowest BCUT2D eigenvalue weighted by molar-refractivity contribution is -0.164. The van der Waals surface area contributed by atoms with Crippen LogP contribution < -0.4 is 14.8 Å². The van der Waals surface area contributed by atoms with Crippen molar-refractivity contribution < 1.29 is 37.3 Å². The summed E-state index contributed by atoms with van der Waals surface area (Å²) in [5.74, 6) is -2.28. The summed E-state index contributed by atoms with van der Waals surface area (Å²) >= 11 is 0. The maximum absolute atomic E-state index is 14.0. The Balaban J connectivity index is 1.74. The minimum atomic E-state index is -1.03. The summed E-state index contributed by atoms with van der Waals surface area (Å²) in [7, 11) is 1.29. The highest BCUT2D eigenvalue weighted by molar-refractivity contribution is 5.89. The Morgan fingerprint density at radius 1 is 1.09 bits per heavy atom. The van der Waals surface area contributed by atoms with Crippen molar-refractivity contribution in [1.29, 1.82) is 0 Å². The van der Waals surface area contributed by atoms with Crippen LogP contribution in [0.2, 0.25) is 0 Å². The summed E-state index contributed by atoms with van der Waals surface area (Å²) in [6.07, 6.45) is -1.17. The van der Waals surface area contributed by atoms with E-state index in [2.05, 4.69) is 10.1 Å². The quantitative estimate of drug-likeness (QED) is 0.628. The van der Waals surface area contributed by atoms with Crippen LogP contribution in [-0.4, -0.2) is 49.4 Å². The van der Waals surface area contributed by atoms with Crippen LogP contribution in [0.3, 0.4) is 0 Å². The molecule has 1 saturated heterocycles. The largest absolute Gasteiger partial charge is 0.486 e. The summed E-state index contributed by atoms with van der Waals surface area (Å²) in [4.78, 5) is 24.6. The van der Waals surface area contributed by atoms with Crippen LogP contribution in [0.4, 0.5) is 8.78 Å². The number of esters is 2. The number of carbonyl (C=O) groups excluding carboxylic acids is 2. The lowest BCUT2D eigenvalue weighted by Crippen LogP contribution is -2.47. The summed E-state index contributed by atoms with van der Waals surface area (Å²) in [5, 5.41) is 3.16. The molecular formula is C24H27F2NO6. The van der Waals surface area contributed by atoms with Gasteiger partial charge in [-0.3, -0.25) is 0 Å². The molecule has 1 aliphatic heterocycles. The smallest absolute Gasteiger partial charge is 0.349 e. The van der Waals surface area contributed by atoms with Crippen molar-refractivity contribution in [2.45, 2.75) is 51.0 Å². The molecule has 1 heterocycles. The molecule has 9 heteroatoms. The number of nitrogens with one attached hydrogen (secondary N) is 1. The van der Waals surface area contributed by atoms with E-state index in [9.17, 15) is 18.4 Å². The Hall–Kier alpha value is -3.20. The predicted octanol–water partition coefficient (Wildman–Crippen LogP) is 3.65. The van der Waals surface area contributed by atoms with Gasteiger partial charge >= 0.3 is 11.9 Å². The first-order valence-corrected chi connectivity index (χ1v) is 10.5. The number of halogens is 2. The van der Waals surface area contributed by atoms with Gasteiger partial charge in [0.1, 0.15) is 23.3 Å². The van der Waals surface area contributed by atoms with Gasteiger partial charge < -0.3 is 24.3 Å². The molecule has 3 atom stereocenters. The van der Waals surface area contributed by atoms with Gasteiger partial charge in [0.25, 0.3) is 0 Å². The van der Waals surface area contributed by atoms with Crippen molar-refractivity contribution in [3.63, 3.8) is 0 Å². The summed E-state index contributed by atoms with van der Waals surface area (Å²) in [6, 6.07) is 8.76. The van der Waals surface area contributed by atoms with Crippen molar-refractivity contribution in [2.75, 3.05) is 13.7 Å². The molecule has 0 amide bonds. The Morgan fingerprint density at radius 2 is 1.79 bits per heavy atom. The first-order valence-electron chi connectivity index (χ1n) is 10.5. The molecule has 1 N–H and O–H groups in total. The van der Waals surface area contributed by atoms with Crippen molar-refractivity contribution in [3.05, 3.63) is 59.7 Å². The summed E-state index contributed by atoms with van der Waals surface area (Å²) in [6.45, 7) is 5.57. The minimum Gasteiger partial charge on any atom is -0.486 e. The standard InChI is InChI=1S/C24H27F2NO6/c1-24(2,3)33-23(29)21(32-16-8-5-14(6-9-16)22(28)30-4)19-12-17(13-27-19)31-20-10-7-15(25)11-18(20)26/h5-11,17,19,21,27H,12-13H2,1-4H3. The molecule has 3 rings (SSSR count). The number of hydrogen-bond acceptors (Lipinski definition) is 7. The van der Waals surface area contributed by atoms with Crippen molar-refractivity contribution in [1.82, 2.24) is 5.32 Å². The van der Waals surface area contributed by atoms with Crippen LogP contribution in [0.15, 0.2) is 42.5 Å². The van der Waals surface area contributed by atoms with Crippen LogP contribution in [0.1, 0.15) is 37.6 Å². The van der Waals surface area contributed by atoms with Crippen LogP contribution in [-0.2, 0) is 14.3 Å². The van der Waals surface area contributed by atoms with E-state index in [0.717, 1.165) is 12.1 Å². The van der Waals surface area contributed by atoms with Crippen LogP contribution in [0, 0.1) is 11.6 Å². The average molecular weight is 463 g/mol. The lowest BCUT2D eigenvalue weighted by Gasteiger charge is -2.27. The van der Waals surface area contributed by atoms with E-state index in [1.54, 1.807) is 32.9 Å². The topological polar surface area (TPSA) is 83.1 Å². The van der Waals surface area contributed by atoms with Gasteiger partial charge in [0.2, 0.25) is 6.10 Å². The molecule has 1 aliphatic rings. The number of carbonyl (C=O) groups is 2. The van der Waals surface area contributed by atoms with Gasteiger partial charge in [-0.2, -0.15) is 0 Å². The zero-order valence-electron chi connectivity index (χ0n) is 18.9. The summed E-state index contributed by atoms with van der Waals surface area (Å²) < 4.78 is 48.9. The molecule has 0 aliphatic carbocycles. The van der Waals surface area contributed by atoms with Crippen molar-refractivity contribution in [3.8, 4) is 11.5 Å². The highest BCUT2D eigenvalue weighted by Gasteiger charge is 2.40. The molecule has 2 aromatic carbocycles. The molecule has 7 nitrogen and oxygen atoms in total. The van der Waals surface area contributed by atoms with Gasteiger partial charge in [0.15, 0.2) is 11.6 Å². The number of hydrogen-bond donors (Lipinski definition) is 1. The van der Waals surface area contributed by atoms with Gasteiger partial charge in [0, 0.05) is 19.0 Å². The van der Waals surface area contributed by atoms with Crippen LogP contribution >= 0.6 is 0 Å². The molecule has 0 radical (unpaired) electrons. The Labute approximate surface area is 191 Å². The van der Waals surface area contributed by atoms with Gasteiger partial charge in [-0.25, -0.2) is 18.4 Å². The van der Waals surface area contributed by atoms with Crippen molar-refractivity contribution >= 4 is 11.9 Å². The van der Waals surface area contributed by atoms with Gasteiger partial charge in [-0.15, -0.1) is 0 Å². The van der Waals surface area contributed by atoms with E-state index < -0.39 is 47.4 Å². The molecule has 0 spiro atoms. The zero-order valence-corrected chi connectivity index (χ0v) is 18.9. The van der Waals surface area contributed by atoms with Gasteiger partial charge in [0.05, 0.1) is 18.7 Å². The molecule has 0 bridgehead atoms. The van der Waals surface area contributed by atoms with E-state index in [1.165, 1.54) is 25.3 Å². The van der Waals surface area contributed by atoms with Gasteiger partial charge in [-0.05, 0) is 57.2 Å². The minimum absolute atomic E-state index is 0.0722. The Morgan fingerprint density at radius 3 is 2.39 bits per heavy atom. The van der Waals surface area contributed by atoms with E-state index >= 15 is 0 Å². The fourth-order valence-corrected chi connectivity index (χ4v) is 3.39. The molecule has 33 heavy (non-hydrogen) atoms. The van der Waals surface area contributed by atoms with E-state index in [1.807, 2.05) is 0 Å². The maximum Gasteiger partial charge on any atom is 0.349 e. The monoisotopic (exact) mass is 463 g/mol.